The fourth-order valence-electron chi connectivity index (χ4n) is 2.42. The summed E-state index contributed by atoms with van der Waals surface area (Å²) in [4.78, 5) is 22.6. The lowest BCUT2D eigenvalue weighted by Gasteiger charge is -2.39. The zero-order valence-electron chi connectivity index (χ0n) is 12.3. The van der Waals surface area contributed by atoms with E-state index in [1.165, 1.54) is 6.20 Å². The number of aromatic nitrogens is 2. The van der Waals surface area contributed by atoms with Crippen molar-refractivity contribution in [2.24, 2.45) is 0 Å². The zero-order valence-corrected chi connectivity index (χ0v) is 12.3. The highest BCUT2D eigenvalue weighted by Crippen LogP contribution is 2.24. The molecule has 2 heterocycles. The second-order valence-corrected chi connectivity index (χ2v) is 5.30. The molecule has 0 spiro atoms. The van der Waals surface area contributed by atoms with E-state index in [0.29, 0.717) is 18.1 Å². The van der Waals surface area contributed by atoms with Crippen molar-refractivity contribution in [1.29, 1.82) is 0 Å². The van der Waals surface area contributed by atoms with Crippen LogP contribution in [0.15, 0.2) is 12.4 Å². The van der Waals surface area contributed by atoms with Crippen molar-refractivity contribution < 1.29 is 9.53 Å². The Kier molecular flexibility index (Phi) is 4.54. The van der Waals surface area contributed by atoms with Crippen LogP contribution in [0.5, 0.6) is 0 Å². The van der Waals surface area contributed by atoms with Gasteiger partial charge in [0.2, 0.25) is 0 Å². The van der Waals surface area contributed by atoms with Gasteiger partial charge in [0, 0.05) is 26.7 Å². The molecule has 110 valence electrons. The van der Waals surface area contributed by atoms with Crippen molar-refractivity contribution in [3.8, 4) is 0 Å². The lowest BCUT2D eigenvalue weighted by molar-refractivity contribution is -0.0441. The molecular weight excluding hydrogens is 256 g/mol. The van der Waals surface area contributed by atoms with E-state index in [0.717, 1.165) is 25.9 Å². The largest absolute Gasteiger partial charge is 0.377 e. The van der Waals surface area contributed by atoms with Gasteiger partial charge >= 0.3 is 0 Å². The van der Waals surface area contributed by atoms with E-state index in [2.05, 4.69) is 15.3 Å². The Morgan fingerprint density at radius 3 is 2.90 bits per heavy atom. The monoisotopic (exact) mass is 278 g/mol. The number of likely N-dealkylation sites (tertiary alicyclic amines) is 1. The quantitative estimate of drug-likeness (QED) is 0.905. The number of methoxy groups -OCH3 is 1. The van der Waals surface area contributed by atoms with Crippen molar-refractivity contribution in [1.82, 2.24) is 14.9 Å². The Balaban J connectivity index is 2.06. The summed E-state index contributed by atoms with van der Waals surface area (Å²) >= 11 is 0. The molecule has 1 fully saturated rings. The number of nitrogens with one attached hydrogen (secondary N) is 1. The summed E-state index contributed by atoms with van der Waals surface area (Å²) in [6, 6.07) is 0. The van der Waals surface area contributed by atoms with Gasteiger partial charge in [-0.3, -0.25) is 4.79 Å². The third-order valence-electron chi connectivity index (χ3n) is 3.67. The summed E-state index contributed by atoms with van der Waals surface area (Å²) < 4.78 is 5.51. The number of ether oxygens (including phenoxy) is 1. The van der Waals surface area contributed by atoms with Crippen LogP contribution in [0.1, 0.15) is 37.2 Å². The van der Waals surface area contributed by atoms with Gasteiger partial charge in [-0.05, 0) is 26.7 Å². The van der Waals surface area contributed by atoms with Crippen molar-refractivity contribution in [3.63, 3.8) is 0 Å². The molecule has 6 heteroatoms. The smallest absolute Gasteiger partial charge is 0.274 e. The number of piperidine rings is 1. The molecular formula is C14H22N4O2. The molecule has 0 radical (unpaired) electrons. The second-order valence-electron chi connectivity index (χ2n) is 5.30. The number of nitrogens with zero attached hydrogens (tertiary/aromatic N) is 3. The summed E-state index contributed by atoms with van der Waals surface area (Å²) in [5.41, 5.74) is 0.123. The first-order valence-corrected chi connectivity index (χ1v) is 6.98. The third kappa shape index (κ3) is 3.25. The van der Waals surface area contributed by atoms with Crippen LogP contribution in [-0.2, 0) is 4.74 Å². The van der Waals surface area contributed by atoms with Crippen molar-refractivity contribution in [3.05, 3.63) is 18.1 Å². The molecule has 1 aromatic heterocycles. The average molecular weight is 278 g/mol. The van der Waals surface area contributed by atoms with Gasteiger partial charge in [-0.1, -0.05) is 0 Å². The van der Waals surface area contributed by atoms with E-state index >= 15 is 0 Å². The minimum atomic E-state index is -0.259. The van der Waals surface area contributed by atoms with Crippen LogP contribution in [0, 0.1) is 0 Å². The molecule has 1 aliphatic rings. The first-order chi connectivity index (χ1) is 9.58. The standard InChI is InChI=1S/C14H22N4O2/c1-4-15-12-9-16-11(8-17-12)13(19)18-7-5-6-14(2,10-18)20-3/h8-9H,4-7,10H2,1-3H3,(H,15,17). The normalized spacial score (nSPS) is 22.6. The number of hydrogen-bond donors (Lipinski definition) is 1. The molecule has 1 N–H and O–H groups in total. The molecule has 1 unspecified atom stereocenters. The first kappa shape index (κ1) is 14.7. The third-order valence-corrected chi connectivity index (χ3v) is 3.67. The predicted octanol–water partition coefficient (Wildman–Crippen LogP) is 1.55. The Bertz CT molecular complexity index is 463. The molecule has 0 bridgehead atoms. The van der Waals surface area contributed by atoms with Crippen LogP contribution in [-0.4, -0.2) is 53.1 Å². The maximum atomic E-state index is 12.4. The fourth-order valence-corrected chi connectivity index (χ4v) is 2.42. The Morgan fingerprint density at radius 1 is 1.50 bits per heavy atom. The molecule has 20 heavy (non-hydrogen) atoms. The Morgan fingerprint density at radius 2 is 2.30 bits per heavy atom. The highest BCUT2D eigenvalue weighted by atomic mass is 16.5. The average Bonchev–Trinajstić information content (AvgIpc) is 2.48. The molecule has 0 saturated carbocycles. The topological polar surface area (TPSA) is 67.4 Å². The number of hydrogen-bond acceptors (Lipinski definition) is 5. The highest BCUT2D eigenvalue weighted by Gasteiger charge is 2.33. The molecule has 0 aromatic carbocycles. The van der Waals surface area contributed by atoms with Gasteiger partial charge in [-0.25, -0.2) is 9.97 Å². The van der Waals surface area contributed by atoms with Gasteiger partial charge in [0.1, 0.15) is 11.5 Å². The summed E-state index contributed by atoms with van der Waals surface area (Å²) in [5, 5.41) is 3.06. The molecule has 1 aromatic rings. The molecule has 1 saturated heterocycles. The van der Waals surface area contributed by atoms with Crippen LogP contribution >= 0.6 is 0 Å². The van der Waals surface area contributed by atoms with E-state index in [9.17, 15) is 4.79 Å². The summed E-state index contributed by atoms with van der Waals surface area (Å²) in [7, 11) is 1.69. The molecule has 1 amide bonds. The lowest BCUT2D eigenvalue weighted by Crippen LogP contribution is -2.49. The maximum absolute atomic E-state index is 12.4. The fraction of sp³-hybridized carbons (Fsp3) is 0.643. The molecule has 0 aliphatic carbocycles. The molecule has 1 atom stereocenters. The number of carbonyl (C=O) groups excluding carboxylic acids is 1. The van der Waals surface area contributed by atoms with E-state index < -0.39 is 0 Å². The van der Waals surface area contributed by atoms with Gasteiger partial charge in [0.15, 0.2) is 0 Å². The van der Waals surface area contributed by atoms with Gasteiger partial charge < -0.3 is 15.0 Å². The minimum Gasteiger partial charge on any atom is -0.377 e. The van der Waals surface area contributed by atoms with Gasteiger partial charge in [-0.15, -0.1) is 0 Å². The zero-order chi connectivity index (χ0) is 14.6. The van der Waals surface area contributed by atoms with E-state index in [1.807, 2.05) is 13.8 Å². The maximum Gasteiger partial charge on any atom is 0.274 e. The van der Waals surface area contributed by atoms with Crippen LogP contribution < -0.4 is 5.32 Å². The molecule has 6 nitrogen and oxygen atoms in total. The van der Waals surface area contributed by atoms with E-state index in [1.54, 1.807) is 18.2 Å². The number of amides is 1. The molecule has 1 aliphatic heterocycles. The second kappa shape index (κ2) is 6.17. The SMILES string of the molecule is CCNc1cnc(C(=O)N2CCCC(C)(OC)C2)cn1. The summed E-state index contributed by atoms with van der Waals surface area (Å²) in [5.74, 6) is 0.605. The van der Waals surface area contributed by atoms with Crippen LogP contribution in [0.3, 0.4) is 0 Å². The van der Waals surface area contributed by atoms with Gasteiger partial charge in [0.25, 0.3) is 5.91 Å². The number of carbonyl (C=O) groups is 1. The Hall–Kier alpha value is -1.69. The van der Waals surface area contributed by atoms with Crippen LogP contribution in [0.25, 0.3) is 0 Å². The summed E-state index contributed by atoms with van der Waals surface area (Å²) in [6.07, 6.45) is 5.03. The van der Waals surface area contributed by atoms with Crippen molar-refractivity contribution in [2.45, 2.75) is 32.3 Å². The Labute approximate surface area is 119 Å². The molecule has 2 rings (SSSR count). The highest BCUT2D eigenvalue weighted by molar-refractivity contribution is 5.92. The minimum absolute atomic E-state index is 0.0801. The first-order valence-electron chi connectivity index (χ1n) is 6.98. The van der Waals surface area contributed by atoms with Gasteiger partial charge in [-0.2, -0.15) is 0 Å². The predicted molar refractivity (Wildman–Crippen MR) is 76.7 cm³/mol. The van der Waals surface area contributed by atoms with Crippen LogP contribution in [0.2, 0.25) is 0 Å². The van der Waals surface area contributed by atoms with E-state index in [-0.39, 0.29) is 11.5 Å². The van der Waals surface area contributed by atoms with Crippen LogP contribution in [0.4, 0.5) is 5.82 Å². The van der Waals surface area contributed by atoms with Gasteiger partial charge in [0.05, 0.1) is 18.0 Å². The number of rotatable bonds is 4. The van der Waals surface area contributed by atoms with Crippen molar-refractivity contribution >= 4 is 11.7 Å². The lowest BCUT2D eigenvalue weighted by atomic mass is 9.94. The van der Waals surface area contributed by atoms with E-state index in [4.69, 9.17) is 4.74 Å². The number of anilines is 1. The van der Waals surface area contributed by atoms with Crippen molar-refractivity contribution in [2.75, 3.05) is 32.1 Å². The summed E-state index contributed by atoms with van der Waals surface area (Å²) in [6.45, 7) is 6.14.